The second-order valence-electron chi connectivity index (χ2n) is 5.03. The average molecular weight is 408 g/mol. The predicted molar refractivity (Wildman–Crippen MR) is 89.0 cm³/mol. The van der Waals surface area contributed by atoms with Crippen LogP contribution < -0.4 is 0 Å². The van der Waals surface area contributed by atoms with E-state index >= 15 is 0 Å². The van der Waals surface area contributed by atoms with Crippen LogP contribution in [0.4, 0.5) is 13.2 Å². The standard InChI is InChI=1S/C16H8Cl3F3N2O/c17-9-6-7(20)4-5-8(9)14(25)13-15(18)23-16(19)24(13)12-10(21)2-1-3-11(12)22/h1-6,14,25H. The van der Waals surface area contributed by atoms with Gasteiger partial charge >= 0.3 is 0 Å². The van der Waals surface area contributed by atoms with Crippen molar-refractivity contribution >= 4 is 34.8 Å². The minimum atomic E-state index is -1.56. The number of rotatable bonds is 3. The summed E-state index contributed by atoms with van der Waals surface area (Å²) in [5.74, 6) is -2.48. The minimum absolute atomic E-state index is 0.0690. The molecule has 3 aromatic rings. The molecule has 0 saturated carbocycles. The Kier molecular flexibility index (Phi) is 4.97. The van der Waals surface area contributed by atoms with E-state index in [4.69, 9.17) is 34.8 Å². The summed E-state index contributed by atoms with van der Waals surface area (Å²) < 4.78 is 42.4. The van der Waals surface area contributed by atoms with Crippen LogP contribution in [0.1, 0.15) is 17.4 Å². The first kappa shape index (κ1) is 18.1. The molecule has 0 fully saturated rings. The molecule has 0 saturated heterocycles. The van der Waals surface area contributed by atoms with E-state index in [1.165, 1.54) is 12.1 Å². The highest BCUT2D eigenvalue weighted by Crippen LogP contribution is 2.37. The summed E-state index contributed by atoms with van der Waals surface area (Å²) in [6.45, 7) is 0. The molecule has 1 unspecified atom stereocenters. The van der Waals surface area contributed by atoms with E-state index < -0.39 is 29.2 Å². The van der Waals surface area contributed by atoms with Crippen molar-refractivity contribution in [1.29, 1.82) is 0 Å². The molecule has 9 heteroatoms. The minimum Gasteiger partial charge on any atom is -0.382 e. The van der Waals surface area contributed by atoms with Crippen LogP contribution in [0.15, 0.2) is 36.4 Å². The van der Waals surface area contributed by atoms with E-state index in [1.54, 1.807) is 0 Å². The summed E-state index contributed by atoms with van der Waals surface area (Å²) in [5.41, 5.74) is -0.692. The zero-order chi connectivity index (χ0) is 18.3. The number of hydrogen-bond acceptors (Lipinski definition) is 2. The van der Waals surface area contributed by atoms with Crippen LogP contribution in [0.25, 0.3) is 5.69 Å². The Balaban J connectivity index is 2.24. The fraction of sp³-hybridized carbons (Fsp3) is 0.0625. The molecule has 0 aliphatic carbocycles. The van der Waals surface area contributed by atoms with Crippen LogP contribution in [0.5, 0.6) is 0 Å². The summed E-state index contributed by atoms with van der Waals surface area (Å²) in [5, 5.41) is 9.89. The van der Waals surface area contributed by atoms with Gasteiger partial charge in [0.05, 0.1) is 5.69 Å². The van der Waals surface area contributed by atoms with Gasteiger partial charge in [0.25, 0.3) is 0 Å². The van der Waals surface area contributed by atoms with Crippen LogP contribution in [0, 0.1) is 17.5 Å². The normalized spacial score (nSPS) is 12.4. The largest absolute Gasteiger partial charge is 0.382 e. The van der Waals surface area contributed by atoms with Crippen molar-refractivity contribution < 1.29 is 18.3 Å². The van der Waals surface area contributed by atoms with Gasteiger partial charge in [-0.25, -0.2) is 18.2 Å². The third kappa shape index (κ3) is 3.22. The maximum absolute atomic E-state index is 14.2. The van der Waals surface area contributed by atoms with Gasteiger partial charge in [-0.2, -0.15) is 0 Å². The molecule has 0 radical (unpaired) electrons. The van der Waals surface area contributed by atoms with Crippen molar-refractivity contribution in [3.63, 3.8) is 0 Å². The Morgan fingerprint density at radius 3 is 2.24 bits per heavy atom. The van der Waals surface area contributed by atoms with E-state index in [0.717, 1.165) is 28.8 Å². The number of halogens is 6. The number of hydrogen-bond donors (Lipinski definition) is 1. The van der Waals surface area contributed by atoms with E-state index in [0.29, 0.717) is 0 Å². The summed E-state index contributed by atoms with van der Waals surface area (Å²) >= 11 is 17.9. The zero-order valence-corrected chi connectivity index (χ0v) is 14.4. The maximum atomic E-state index is 14.2. The van der Waals surface area contributed by atoms with Gasteiger partial charge in [0, 0.05) is 10.6 Å². The van der Waals surface area contributed by atoms with Crippen molar-refractivity contribution in [1.82, 2.24) is 9.55 Å². The lowest BCUT2D eigenvalue weighted by Gasteiger charge is -2.17. The Bertz CT molecular complexity index is 942. The van der Waals surface area contributed by atoms with Gasteiger partial charge in [-0.15, -0.1) is 0 Å². The molecule has 0 bridgehead atoms. The van der Waals surface area contributed by atoms with Crippen molar-refractivity contribution in [3.05, 3.63) is 80.6 Å². The second kappa shape index (κ2) is 6.88. The first-order valence-corrected chi connectivity index (χ1v) is 7.95. The fourth-order valence-corrected chi connectivity index (χ4v) is 3.24. The molecule has 0 aliphatic rings. The molecule has 0 amide bonds. The van der Waals surface area contributed by atoms with Crippen molar-refractivity contribution in [3.8, 4) is 5.69 Å². The van der Waals surface area contributed by atoms with Crippen molar-refractivity contribution in [2.75, 3.05) is 0 Å². The Morgan fingerprint density at radius 2 is 1.64 bits per heavy atom. The number of imidazole rings is 1. The summed E-state index contributed by atoms with van der Waals surface area (Å²) in [6, 6.07) is 6.49. The molecule has 130 valence electrons. The molecule has 0 aliphatic heterocycles. The number of para-hydroxylation sites is 1. The third-order valence-electron chi connectivity index (χ3n) is 3.50. The predicted octanol–water partition coefficient (Wildman–Crippen LogP) is 5.33. The van der Waals surface area contributed by atoms with Crippen LogP contribution >= 0.6 is 34.8 Å². The lowest BCUT2D eigenvalue weighted by Crippen LogP contribution is -2.11. The molecule has 3 rings (SSSR count). The average Bonchev–Trinajstić information content (AvgIpc) is 2.81. The highest BCUT2D eigenvalue weighted by molar-refractivity contribution is 6.33. The summed E-state index contributed by atoms with van der Waals surface area (Å²) in [7, 11) is 0. The van der Waals surface area contributed by atoms with E-state index in [1.807, 2.05) is 0 Å². The first-order valence-electron chi connectivity index (χ1n) is 6.82. The molecule has 3 nitrogen and oxygen atoms in total. The summed E-state index contributed by atoms with van der Waals surface area (Å²) in [4.78, 5) is 3.75. The van der Waals surface area contributed by atoms with Gasteiger partial charge in [0.15, 0.2) is 5.15 Å². The van der Waals surface area contributed by atoms with Crippen LogP contribution in [-0.4, -0.2) is 14.7 Å². The van der Waals surface area contributed by atoms with E-state index in [9.17, 15) is 18.3 Å². The Hall–Kier alpha value is -1.73. The molecule has 25 heavy (non-hydrogen) atoms. The second-order valence-corrected chi connectivity index (χ2v) is 6.13. The molecular formula is C16H8Cl3F3N2O. The van der Waals surface area contributed by atoms with Gasteiger partial charge in [-0.3, -0.25) is 4.57 Å². The van der Waals surface area contributed by atoms with Crippen LogP contribution in [0.3, 0.4) is 0 Å². The van der Waals surface area contributed by atoms with Crippen molar-refractivity contribution in [2.24, 2.45) is 0 Å². The topological polar surface area (TPSA) is 38.1 Å². The Morgan fingerprint density at radius 1 is 1.00 bits per heavy atom. The highest BCUT2D eigenvalue weighted by atomic mass is 35.5. The number of aromatic nitrogens is 2. The van der Waals surface area contributed by atoms with Gasteiger partial charge in [0.1, 0.15) is 29.2 Å². The van der Waals surface area contributed by atoms with Crippen LogP contribution in [-0.2, 0) is 0 Å². The highest BCUT2D eigenvalue weighted by Gasteiger charge is 2.28. The monoisotopic (exact) mass is 406 g/mol. The van der Waals surface area contributed by atoms with Gasteiger partial charge in [-0.05, 0) is 35.9 Å². The van der Waals surface area contributed by atoms with Gasteiger partial charge in [-0.1, -0.05) is 35.3 Å². The summed E-state index contributed by atoms with van der Waals surface area (Å²) in [6.07, 6.45) is -1.56. The number of aliphatic hydroxyl groups is 1. The maximum Gasteiger partial charge on any atom is 0.209 e. The quantitative estimate of drug-likeness (QED) is 0.637. The smallest absolute Gasteiger partial charge is 0.209 e. The molecule has 0 spiro atoms. The number of nitrogens with zero attached hydrogens (tertiary/aromatic N) is 2. The molecular weight excluding hydrogens is 400 g/mol. The number of benzene rings is 2. The van der Waals surface area contributed by atoms with Crippen molar-refractivity contribution in [2.45, 2.75) is 6.10 Å². The molecule has 1 aromatic heterocycles. The Labute approximate surface area is 155 Å². The van der Waals surface area contributed by atoms with E-state index in [2.05, 4.69) is 4.98 Å². The van der Waals surface area contributed by atoms with Gasteiger partial charge < -0.3 is 5.11 Å². The molecule has 1 N–H and O–H groups in total. The first-order chi connectivity index (χ1) is 11.8. The third-order valence-corrected chi connectivity index (χ3v) is 4.36. The van der Waals surface area contributed by atoms with Crippen LogP contribution in [0.2, 0.25) is 15.5 Å². The van der Waals surface area contributed by atoms with Gasteiger partial charge in [0.2, 0.25) is 5.28 Å². The fourth-order valence-electron chi connectivity index (χ4n) is 2.40. The lowest BCUT2D eigenvalue weighted by molar-refractivity contribution is 0.213. The molecule has 2 aromatic carbocycles. The van der Waals surface area contributed by atoms with E-state index in [-0.39, 0.29) is 26.7 Å². The molecule has 1 atom stereocenters. The number of aliphatic hydroxyl groups excluding tert-OH is 1. The zero-order valence-electron chi connectivity index (χ0n) is 12.2. The lowest BCUT2D eigenvalue weighted by atomic mass is 10.1. The molecule has 1 heterocycles. The SMILES string of the molecule is OC(c1ccc(F)cc1Cl)c1c(Cl)nc(Cl)n1-c1c(F)cccc1F.